The number of amides is 1. The summed E-state index contributed by atoms with van der Waals surface area (Å²) in [6, 6.07) is 7.02. The Bertz CT molecular complexity index is 945. The van der Waals surface area contributed by atoms with E-state index in [9.17, 15) is 9.59 Å². The smallest absolute Gasteiger partial charge is 0.278 e. The van der Waals surface area contributed by atoms with Gasteiger partial charge in [-0.15, -0.1) is 16.4 Å². The maximum absolute atomic E-state index is 12.5. The number of carbonyl (C=O) groups excluding carboxylic acids is 1. The summed E-state index contributed by atoms with van der Waals surface area (Å²) in [5.74, 6) is 0.330. The number of piperidine rings is 1. The minimum absolute atomic E-state index is 0.0708. The van der Waals surface area contributed by atoms with E-state index in [-0.39, 0.29) is 18.0 Å². The predicted octanol–water partition coefficient (Wildman–Crippen LogP) is 1.65. The second kappa shape index (κ2) is 6.72. The molecule has 0 unspecified atom stereocenters. The number of aromatic nitrogens is 4. The second-order valence-electron chi connectivity index (χ2n) is 6.09. The Kier molecular flexibility index (Phi) is 4.27. The summed E-state index contributed by atoms with van der Waals surface area (Å²) in [4.78, 5) is 31.1. The van der Waals surface area contributed by atoms with Crippen LogP contribution in [-0.4, -0.2) is 43.9 Å². The summed E-state index contributed by atoms with van der Waals surface area (Å²) in [5, 5.41) is 11.5. The number of likely N-dealkylation sites (tertiary alicyclic amines) is 1. The van der Waals surface area contributed by atoms with Crippen molar-refractivity contribution < 1.29 is 4.79 Å². The van der Waals surface area contributed by atoms with E-state index in [2.05, 4.69) is 15.3 Å². The van der Waals surface area contributed by atoms with Crippen LogP contribution in [0, 0.1) is 0 Å². The summed E-state index contributed by atoms with van der Waals surface area (Å²) < 4.78 is 1.15. The van der Waals surface area contributed by atoms with Crippen LogP contribution in [0.3, 0.4) is 0 Å². The fourth-order valence-electron chi connectivity index (χ4n) is 3.17. The van der Waals surface area contributed by atoms with E-state index in [4.69, 9.17) is 0 Å². The number of benzene rings is 1. The molecular weight excluding hydrogens is 338 g/mol. The lowest BCUT2D eigenvalue weighted by molar-refractivity contribution is -0.133. The number of thiazole rings is 1. The molecule has 3 aromatic rings. The van der Waals surface area contributed by atoms with Crippen molar-refractivity contribution in [1.82, 2.24) is 24.9 Å². The first-order chi connectivity index (χ1) is 12.2. The zero-order valence-electron chi connectivity index (χ0n) is 13.5. The van der Waals surface area contributed by atoms with E-state index in [0.29, 0.717) is 29.9 Å². The average molecular weight is 355 g/mol. The van der Waals surface area contributed by atoms with Gasteiger partial charge in [0.05, 0.1) is 10.4 Å². The Balaban J connectivity index is 1.44. The fourth-order valence-corrected chi connectivity index (χ4v) is 3.98. The standard InChI is InChI=1S/C17H17N5O2S/c23-15(21-8-5-12(6-9-21)16-18-7-10-25-16)11-22-17(24)13-3-1-2-4-14(13)19-20-22/h1-4,7,10,12H,5-6,8-9,11H2. The van der Waals surface area contributed by atoms with Crippen molar-refractivity contribution in [3.8, 4) is 0 Å². The first-order valence-corrected chi connectivity index (χ1v) is 9.10. The van der Waals surface area contributed by atoms with Crippen LogP contribution in [0.1, 0.15) is 23.8 Å². The Morgan fingerprint density at radius 3 is 2.80 bits per heavy atom. The number of hydrogen-bond acceptors (Lipinski definition) is 6. The number of carbonyl (C=O) groups is 1. The van der Waals surface area contributed by atoms with Gasteiger partial charge in [0.15, 0.2) is 0 Å². The summed E-state index contributed by atoms with van der Waals surface area (Å²) in [7, 11) is 0. The highest BCUT2D eigenvalue weighted by molar-refractivity contribution is 7.09. The van der Waals surface area contributed by atoms with Crippen molar-refractivity contribution in [2.75, 3.05) is 13.1 Å². The normalized spacial score (nSPS) is 15.6. The van der Waals surface area contributed by atoms with Gasteiger partial charge < -0.3 is 4.90 Å². The van der Waals surface area contributed by atoms with Crippen LogP contribution in [-0.2, 0) is 11.3 Å². The molecule has 3 heterocycles. The van der Waals surface area contributed by atoms with Gasteiger partial charge in [0.2, 0.25) is 5.91 Å². The Morgan fingerprint density at radius 1 is 1.24 bits per heavy atom. The molecule has 0 atom stereocenters. The summed E-state index contributed by atoms with van der Waals surface area (Å²) in [5.41, 5.74) is 0.261. The minimum atomic E-state index is -0.281. The van der Waals surface area contributed by atoms with Gasteiger partial charge in [-0.3, -0.25) is 9.59 Å². The van der Waals surface area contributed by atoms with Crippen molar-refractivity contribution in [1.29, 1.82) is 0 Å². The lowest BCUT2D eigenvalue weighted by atomic mass is 9.97. The highest BCUT2D eigenvalue weighted by atomic mass is 32.1. The molecule has 1 fully saturated rings. The molecule has 0 N–H and O–H groups in total. The minimum Gasteiger partial charge on any atom is -0.341 e. The van der Waals surface area contributed by atoms with E-state index in [0.717, 1.165) is 22.5 Å². The first-order valence-electron chi connectivity index (χ1n) is 8.22. The quantitative estimate of drug-likeness (QED) is 0.714. The second-order valence-corrected chi connectivity index (χ2v) is 7.02. The van der Waals surface area contributed by atoms with Crippen LogP contribution in [0.15, 0.2) is 40.6 Å². The molecule has 1 amide bonds. The van der Waals surface area contributed by atoms with Gasteiger partial charge in [0.25, 0.3) is 5.56 Å². The largest absolute Gasteiger partial charge is 0.341 e. The monoisotopic (exact) mass is 355 g/mol. The molecule has 4 rings (SSSR count). The van der Waals surface area contributed by atoms with Crippen LogP contribution >= 0.6 is 11.3 Å². The molecule has 8 heteroatoms. The summed E-state index contributed by atoms with van der Waals surface area (Å²) in [6.45, 7) is 1.29. The van der Waals surface area contributed by atoms with Crippen LogP contribution in [0.25, 0.3) is 10.9 Å². The molecule has 128 valence electrons. The van der Waals surface area contributed by atoms with E-state index < -0.39 is 0 Å². The third-order valence-corrected chi connectivity index (χ3v) is 5.50. The van der Waals surface area contributed by atoms with Crippen molar-refractivity contribution >= 4 is 28.1 Å². The fraction of sp³-hybridized carbons (Fsp3) is 0.353. The van der Waals surface area contributed by atoms with Gasteiger partial charge in [0.1, 0.15) is 12.1 Å². The zero-order valence-corrected chi connectivity index (χ0v) is 14.4. The third-order valence-electron chi connectivity index (χ3n) is 4.56. The van der Waals surface area contributed by atoms with E-state index >= 15 is 0 Å². The molecule has 0 aliphatic carbocycles. The van der Waals surface area contributed by atoms with Gasteiger partial charge in [0, 0.05) is 30.6 Å². The van der Waals surface area contributed by atoms with Gasteiger partial charge in [-0.05, 0) is 25.0 Å². The van der Waals surface area contributed by atoms with E-state index in [1.54, 1.807) is 40.5 Å². The Labute approximate surface area is 147 Å². The predicted molar refractivity (Wildman–Crippen MR) is 94.5 cm³/mol. The van der Waals surface area contributed by atoms with Crippen LogP contribution in [0.5, 0.6) is 0 Å². The number of rotatable bonds is 3. The first kappa shape index (κ1) is 15.9. The Morgan fingerprint density at radius 2 is 2.04 bits per heavy atom. The third kappa shape index (κ3) is 3.17. The molecule has 1 aromatic carbocycles. The van der Waals surface area contributed by atoms with Crippen molar-refractivity contribution in [3.05, 3.63) is 51.2 Å². The van der Waals surface area contributed by atoms with E-state index in [1.807, 2.05) is 11.6 Å². The van der Waals surface area contributed by atoms with Gasteiger partial charge >= 0.3 is 0 Å². The molecule has 7 nitrogen and oxygen atoms in total. The Hall–Kier alpha value is -2.61. The van der Waals surface area contributed by atoms with Gasteiger partial charge in [-0.25, -0.2) is 9.67 Å². The van der Waals surface area contributed by atoms with Crippen molar-refractivity contribution in [3.63, 3.8) is 0 Å². The van der Waals surface area contributed by atoms with Crippen LogP contribution < -0.4 is 5.56 Å². The number of fused-ring (bicyclic) bond motifs is 1. The number of hydrogen-bond donors (Lipinski definition) is 0. The van der Waals surface area contributed by atoms with Crippen LogP contribution in [0.4, 0.5) is 0 Å². The zero-order chi connectivity index (χ0) is 17.2. The van der Waals surface area contributed by atoms with Crippen molar-refractivity contribution in [2.24, 2.45) is 0 Å². The molecule has 1 saturated heterocycles. The molecular formula is C17H17N5O2S. The topological polar surface area (TPSA) is 81.0 Å². The maximum Gasteiger partial charge on any atom is 0.278 e. The molecule has 1 aliphatic rings. The molecule has 25 heavy (non-hydrogen) atoms. The molecule has 0 spiro atoms. The molecule has 0 saturated carbocycles. The summed E-state index contributed by atoms with van der Waals surface area (Å²) in [6.07, 6.45) is 3.62. The van der Waals surface area contributed by atoms with E-state index in [1.165, 1.54) is 0 Å². The number of nitrogens with zero attached hydrogens (tertiary/aromatic N) is 5. The lowest BCUT2D eigenvalue weighted by Crippen LogP contribution is -2.41. The highest BCUT2D eigenvalue weighted by Gasteiger charge is 2.25. The van der Waals surface area contributed by atoms with Crippen LogP contribution in [0.2, 0.25) is 0 Å². The maximum atomic E-state index is 12.5. The van der Waals surface area contributed by atoms with Crippen molar-refractivity contribution in [2.45, 2.75) is 25.3 Å². The summed E-state index contributed by atoms with van der Waals surface area (Å²) >= 11 is 1.67. The SMILES string of the molecule is O=C(Cn1nnc2ccccc2c1=O)N1CCC(c2nccs2)CC1. The molecule has 2 aromatic heterocycles. The molecule has 0 bridgehead atoms. The molecule has 1 aliphatic heterocycles. The highest BCUT2D eigenvalue weighted by Crippen LogP contribution is 2.29. The lowest BCUT2D eigenvalue weighted by Gasteiger charge is -2.31. The van der Waals surface area contributed by atoms with Gasteiger partial charge in [-0.2, -0.15) is 0 Å². The molecule has 0 radical (unpaired) electrons. The van der Waals surface area contributed by atoms with Gasteiger partial charge in [-0.1, -0.05) is 17.3 Å². The average Bonchev–Trinajstić information content (AvgIpc) is 3.19.